The van der Waals surface area contributed by atoms with Gasteiger partial charge in [0.1, 0.15) is 0 Å². The van der Waals surface area contributed by atoms with Crippen LogP contribution in [0.5, 0.6) is 0 Å². The summed E-state index contributed by atoms with van der Waals surface area (Å²) >= 11 is 14.0. The van der Waals surface area contributed by atoms with Crippen molar-refractivity contribution in [2.45, 2.75) is 31.3 Å². The van der Waals surface area contributed by atoms with Crippen molar-refractivity contribution in [1.29, 1.82) is 0 Å². The zero-order valence-electron chi connectivity index (χ0n) is 11.7. The summed E-state index contributed by atoms with van der Waals surface area (Å²) in [5, 5.41) is 1.03. The number of Topliss-reactive ketones (excluding diaryl/α,β-unsaturated/α-hetero) is 1. The third-order valence-corrected chi connectivity index (χ3v) is 5.84. The maximum Gasteiger partial charge on any atom is 0.166 e. The van der Waals surface area contributed by atoms with Gasteiger partial charge in [-0.25, -0.2) is 0 Å². The molecule has 2 heterocycles. The van der Waals surface area contributed by atoms with Crippen molar-refractivity contribution in [3.05, 3.63) is 33.8 Å². The lowest BCUT2D eigenvalue weighted by atomic mass is 9.79. The van der Waals surface area contributed by atoms with Gasteiger partial charge in [-0.3, -0.25) is 4.79 Å². The Labute approximate surface area is 139 Å². The van der Waals surface area contributed by atoms with Crippen LogP contribution in [0.2, 0.25) is 10.0 Å². The van der Waals surface area contributed by atoms with Crippen LogP contribution in [0.15, 0.2) is 18.2 Å². The number of halogens is 2. The lowest BCUT2D eigenvalue weighted by Gasteiger charge is -2.42. The number of ether oxygens (including phenoxy) is 1. The van der Waals surface area contributed by atoms with E-state index in [0.29, 0.717) is 22.2 Å². The van der Waals surface area contributed by atoms with Crippen LogP contribution >= 0.6 is 35.0 Å². The first-order valence-corrected chi connectivity index (χ1v) is 9.21. The Balaban J connectivity index is 1.77. The highest BCUT2D eigenvalue weighted by molar-refractivity contribution is 7.99. The van der Waals surface area contributed by atoms with Gasteiger partial charge < -0.3 is 4.74 Å². The van der Waals surface area contributed by atoms with Crippen molar-refractivity contribution in [2.75, 3.05) is 18.1 Å². The molecule has 0 aliphatic carbocycles. The molecule has 1 aromatic rings. The molecule has 0 aromatic heterocycles. The molecule has 21 heavy (non-hydrogen) atoms. The summed E-state index contributed by atoms with van der Waals surface area (Å²) in [6.45, 7) is 0.676. The second-order valence-electron chi connectivity index (χ2n) is 5.86. The third kappa shape index (κ3) is 3.58. The highest BCUT2D eigenvalue weighted by atomic mass is 35.5. The predicted molar refractivity (Wildman–Crippen MR) is 88.8 cm³/mol. The van der Waals surface area contributed by atoms with E-state index >= 15 is 0 Å². The molecule has 0 bridgehead atoms. The lowest BCUT2D eigenvalue weighted by molar-refractivity contribution is -0.0959. The number of carbonyl (C=O) groups excluding carboxylic acids is 1. The largest absolute Gasteiger partial charge is 0.375 e. The summed E-state index contributed by atoms with van der Waals surface area (Å²) < 4.78 is 6.05. The van der Waals surface area contributed by atoms with Gasteiger partial charge in [0, 0.05) is 28.1 Å². The summed E-state index contributed by atoms with van der Waals surface area (Å²) in [6.07, 6.45) is 3.73. The number of benzene rings is 1. The Bertz CT molecular complexity index is 515. The van der Waals surface area contributed by atoms with Crippen LogP contribution in [0.1, 0.15) is 36.0 Å². The number of ketones is 1. The van der Waals surface area contributed by atoms with E-state index in [-0.39, 0.29) is 17.3 Å². The van der Waals surface area contributed by atoms with Gasteiger partial charge in [0.15, 0.2) is 5.78 Å². The number of thioether (sulfide) groups is 1. The molecule has 2 fully saturated rings. The minimum Gasteiger partial charge on any atom is -0.375 e. The quantitative estimate of drug-likeness (QED) is 0.716. The third-order valence-electron chi connectivity index (χ3n) is 4.41. The zero-order valence-corrected chi connectivity index (χ0v) is 14.1. The summed E-state index contributed by atoms with van der Waals surface area (Å²) in [5.74, 6) is 2.44. The van der Waals surface area contributed by atoms with Crippen LogP contribution in [0.25, 0.3) is 0 Å². The molecular formula is C16H18Cl2O2S. The first kappa shape index (κ1) is 15.7. The van der Waals surface area contributed by atoms with Crippen molar-refractivity contribution < 1.29 is 9.53 Å². The topological polar surface area (TPSA) is 26.3 Å². The normalized spacial score (nSPS) is 25.0. The maximum absolute atomic E-state index is 12.8. The summed E-state index contributed by atoms with van der Waals surface area (Å²) in [4.78, 5) is 12.8. The van der Waals surface area contributed by atoms with Crippen LogP contribution in [0, 0.1) is 5.92 Å². The van der Waals surface area contributed by atoms with Crippen LogP contribution in [0.3, 0.4) is 0 Å². The molecule has 3 rings (SSSR count). The summed E-state index contributed by atoms with van der Waals surface area (Å²) in [7, 11) is 0. The molecule has 0 amide bonds. The molecule has 1 aromatic carbocycles. The van der Waals surface area contributed by atoms with Crippen molar-refractivity contribution >= 4 is 40.7 Å². The molecule has 114 valence electrons. The first-order chi connectivity index (χ1) is 10.1. The Kier molecular flexibility index (Phi) is 4.84. The predicted octanol–water partition coefficient (Wildman–Crippen LogP) is 4.87. The van der Waals surface area contributed by atoms with Crippen molar-refractivity contribution in [2.24, 2.45) is 5.92 Å². The average molecular weight is 345 g/mol. The molecule has 0 radical (unpaired) electrons. The van der Waals surface area contributed by atoms with Gasteiger partial charge in [-0.15, -0.1) is 0 Å². The second-order valence-corrected chi connectivity index (χ2v) is 7.95. The van der Waals surface area contributed by atoms with E-state index in [2.05, 4.69) is 0 Å². The van der Waals surface area contributed by atoms with E-state index < -0.39 is 0 Å². The molecule has 2 saturated heterocycles. The van der Waals surface area contributed by atoms with E-state index in [1.54, 1.807) is 18.2 Å². The number of carbonyl (C=O) groups is 1. The summed E-state index contributed by atoms with van der Waals surface area (Å²) in [5.41, 5.74) is 0.548. The smallest absolute Gasteiger partial charge is 0.166 e. The van der Waals surface area contributed by atoms with Gasteiger partial charge in [0.2, 0.25) is 0 Å². The van der Waals surface area contributed by atoms with Crippen LogP contribution in [-0.4, -0.2) is 29.5 Å². The fraction of sp³-hybridized carbons (Fsp3) is 0.562. The van der Waals surface area contributed by atoms with Gasteiger partial charge in [0.25, 0.3) is 0 Å². The number of rotatable bonds is 2. The monoisotopic (exact) mass is 344 g/mol. The highest BCUT2D eigenvalue weighted by Gasteiger charge is 2.41. The minimum atomic E-state index is -0.0772. The average Bonchev–Trinajstić information content (AvgIpc) is 2.46. The highest BCUT2D eigenvalue weighted by Crippen LogP contribution is 2.40. The van der Waals surface area contributed by atoms with Crippen molar-refractivity contribution in [1.82, 2.24) is 0 Å². The SMILES string of the molecule is O=C(c1cc(Cl)cc(Cl)c1)C1CCOC2(CCSCC2)C1. The molecule has 0 saturated carbocycles. The first-order valence-electron chi connectivity index (χ1n) is 7.30. The number of hydrogen-bond donors (Lipinski definition) is 0. The van der Waals surface area contributed by atoms with E-state index in [1.807, 2.05) is 11.8 Å². The van der Waals surface area contributed by atoms with Gasteiger partial charge in [-0.2, -0.15) is 11.8 Å². The van der Waals surface area contributed by atoms with Crippen molar-refractivity contribution in [3.63, 3.8) is 0 Å². The molecule has 2 nitrogen and oxygen atoms in total. The lowest BCUT2D eigenvalue weighted by Crippen LogP contribution is -2.44. The number of hydrogen-bond acceptors (Lipinski definition) is 3. The molecule has 2 aliphatic rings. The second kappa shape index (κ2) is 6.49. The van der Waals surface area contributed by atoms with Gasteiger partial charge in [0.05, 0.1) is 5.60 Å². The Hall–Kier alpha value is -0.220. The van der Waals surface area contributed by atoms with E-state index in [1.165, 1.54) is 0 Å². The Morgan fingerprint density at radius 3 is 2.52 bits per heavy atom. The van der Waals surface area contributed by atoms with Crippen LogP contribution in [0.4, 0.5) is 0 Å². The molecule has 1 atom stereocenters. The van der Waals surface area contributed by atoms with E-state index in [4.69, 9.17) is 27.9 Å². The molecule has 1 unspecified atom stereocenters. The fourth-order valence-corrected chi connectivity index (χ4v) is 5.04. The van der Waals surface area contributed by atoms with Gasteiger partial charge >= 0.3 is 0 Å². The zero-order chi connectivity index (χ0) is 14.9. The Morgan fingerprint density at radius 2 is 1.86 bits per heavy atom. The van der Waals surface area contributed by atoms with E-state index in [0.717, 1.165) is 37.2 Å². The maximum atomic E-state index is 12.8. The minimum absolute atomic E-state index is 0.0244. The van der Waals surface area contributed by atoms with Crippen molar-refractivity contribution in [3.8, 4) is 0 Å². The van der Waals surface area contributed by atoms with Gasteiger partial charge in [-0.05, 0) is 55.4 Å². The van der Waals surface area contributed by atoms with Crippen LogP contribution < -0.4 is 0 Å². The fourth-order valence-electron chi connectivity index (χ4n) is 3.28. The Morgan fingerprint density at radius 1 is 1.19 bits per heavy atom. The molecule has 5 heteroatoms. The molecule has 2 aliphatic heterocycles. The molecular weight excluding hydrogens is 327 g/mol. The van der Waals surface area contributed by atoms with Gasteiger partial charge in [-0.1, -0.05) is 23.2 Å². The summed E-state index contributed by atoms with van der Waals surface area (Å²) in [6, 6.07) is 5.09. The molecule has 0 N–H and O–H groups in total. The van der Waals surface area contributed by atoms with Crippen LogP contribution in [-0.2, 0) is 4.74 Å². The standard InChI is InChI=1S/C16H18Cl2O2S/c17-13-7-12(8-14(18)9-13)15(19)11-1-4-20-16(10-11)2-5-21-6-3-16/h7-9,11H,1-6,10H2. The van der Waals surface area contributed by atoms with E-state index in [9.17, 15) is 4.79 Å². The molecule has 1 spiro atoms.